The number of benzene rings is 2. The van der Waals surface area contributed by atoms with E-state index in [4.69, 9.17) is 9.47 Å². The lowest BCUT2D eigenvalue weighted by molar-refractivity contribution is -0.145. The molecular weight excluding hydrogens is 414 g/mol. The monoisotopic (exact) mass is 435 g/mol. The van der Waals surface area contributed by atoms with Crippen molar-refractivity contribution in [3.05, 3.63) is 77.3 Å². The number of amides is 1. The Kier molecular flexibility index (Phi) is 6.28. The zero-order valence-electron chi connectivity index (χ0n) is 16.9. The number of carbonyl (C=O) groups excluding carboxylic acids is 2. The summed E-state index contributed by atoms with van der Waals surface area (Å²) in [5.74, 6) is -0.0998. The van der Waals surface area contributed by atoms with Crippen LogP contribution < -0.4 is 10.1 Å². The van der Waals surface area contributed by atoms with Gasteiger partial charge >= 0.3 is 5.97 Å². The van der Waals surface area contributed by atoms with E-state index in [1.54, 1.807) is 12.1 Å². The molecule has 2 aromatic heterocycles. The number of rotatable bonds is 8. The molecule has 1 N–H and O–H groups in total. The molecule has 8 heteroatoms. The molecule has 0 saturated heterocycles. The van der Waals surface area contributed by atoms with E-state index in [0.29, 0.717) is 10.6 Å². The SMILES string of the molecule is Cc1nn(-c2ccccc2)c2sc(C(=O)NCCOC(=O)COc3ccccc3)cc12. The Balaban J connectivity index is 1.29. The van der Waals surface area contributed by atoms with Gasteiger partial charge in [0, 0.05) is 5.39 Å². The molecule has 2 aromatic carbocycles. The molecule has 7 nitrogen and oxygen atoms in total. The molecule has 4 rings (SSSR count). The van der Waals surface area contributed by atoms with Crippen LogP contribution in [0.1, 0.15) is 15.4 Å². The van der Waals surface area contributed by atoms with E-state index in [-0.39, 0.29) is 25.7 Å². The number of carbonyl (C=O) groups is 2. The highest BCUT2D eigenvalue weighted by Crippen LogP contribution is 2.30. The molecule has 0 radical (unpaired) electrons. The Hall–Kier alpha value is -3.65. The second-order valence-electron chi connectivity index (χ2n) is 6.74. The minimum absolute atomic E-state index is 0.0738. The van der Waals surface area contributed by atoms with Gasteiger partial charge in [-0.1, -0.05) is 36.4 Å². The molecule has 1 amide bonds. The first-order valence-corrected chi connectivity index (χ1v) is 10.6. The summed E-state index contributed by atoms with van der Waals surface area (Å²) < 4.78 is 12.3. The standard InChI is InChI=1S/C23H21N3O4S/c1-16-19-14-20(31-23(19)26(25-16)17-8-4-2-5-9-17)22(28)24-12-13-29-21(27)15-30-18-10-6-3-7-11-18/h2-11,14H,12-13,15H2,1H3,(H,24,28). The van der Waals surface area contributed by atoms with Crippen LogP contribution in [0, 0.1) is 6.92 Å². The first-order chi connectivity index (χ1) is 15.1. The maximum absolute atomic E-state index is 12.5. The van der Waals surface area contributed by atoms with Gasteiger partial charge in [-0.25, -0.2) is 9.48 Å². The van der Waals surface area contributed by atoms with Crippen LogP contribution >= 0.6 is 11.3 Å². The minimum atomic E-state index is -0.487. The fourth-order valence-corrected chi connectivity index (χ4v) is 4.12. The second-order valence-corrected chi connectivity index (χ2v) is 7.77. The van der Waals surface area contributed by atoms with E-state index < -0.39 is 5.97 Å². The number of aromatic nitrogens is 2. The smallest absolute Gasteiger partial charge is 0.344 e. The van der Waals surface area contributed by atoms with Gasteiger partial charge in [0.25, 0.3) is 5.91 Å². The normalized spacial score (nSPS) is 10.7. The quantitative estimate of drug-likeness (QED) is 0.337. The predicted molar refractivity (Wildman–Crippen MR) is 119 cm³/mol. The van der Waals surface area contributed by atoms with Crippen LogP contribution in [0.3, 0.4) is 0 Å². The van der Waals surface area contributed by atoms with E-state index in [2.05, 4.69) is 10.4 Å². The zero-order valence-corrected chi connectivity index (χ0v) is 17.7. The van der Waals surface area contributed by atoms with Crippen LogP contribution in [-0.4, -0.2) is 41.4 Å². The summed E-state index contributed by atoms with van der Waals surface area (Å²) >= 11 is 1.38. The average Bonchev–Trinajstić information content (AvgIpc) is 3.37. The van der Waals surface area contributed by atoms with Crippen molar-refractivity contribution in [2.45, 2.75) is 6.92 Å². The number of fused-ring (bicyclic) bond motifs is 1. The lowest BCUT2D eigenvalue weighted by Gasteiger charge is -2.07. The van der Waals surface area contributed by atoms with Gasteiger partial charge in [0.15, 0.2) is 6.61 Å². The summed E-state index contributed by atoms with van der Waals surface area (Å²) in [5.41, 5.74) is 1.81. The molecule has 0 unspecified atom stereocenters. The summed E-state index contributed by atoms with van der Waals surface area (Å²) in [6.45, 7) is 2.04. The third-order valence-corrected chi connectivity index (χ3v) is 5.63. The van der Waals surface area contributed by atoms with Gasteiger partial charge in [-0.15, -0.1) is 11.3 Å². The van der Waals surface area contributed by atoms with Crippen LogP contribution in [0.2, 0.25) is 0 Å². The summed E-state index contributed by atoms with van der Waals surface area (Å²) in [7, 11) is 0. The van der Waals surface area contributed by atoms with E-state index in [1.165, 1.54) is 11.3 Å². The Morgan fingerprint density at radius 1 is 1.06 bits per heavy atom. The number of para-hydroxylation sites is 2. The van der Waals surface area contributed by atoms with Crippen LogP contribution in [-0.2, 0) is 9.53 Å². The van der Waals surface area contributed by atoms with Gasteiger partial charge < -0.3 is 14.8 Å². The molecule has 0 atom stereocenters. The maximum Gasteiger partial charge on any atom is 0.344 e. The van der Waals surface area contributed by atoms with E-state index in [1.807, 2.05) is 66.2 Å². The van der Waals surface area contributed by atoms with Gasteiger partial charge in [-0.2, -0.15) is 5.10 Å². The van der Waals surface area contributed by atoms with Gasteiger partial charge in [-0.3, -0.25) is 4.79 Å². The summed E-state index contributed by atoms with van der Waals surface area (Å²) in [5, 5.41) is 8.31. The highest BCUT2D eigenvalue weighted by molar-refractivity contribution is 7.20. The lowest BCUT2D eigenvalue weighted by atomic mass is 10.3. The van der Waals surface area contributed by atoms with Crippen LogP contribution in [0.5, 0.6) is 5.75 Å². The molecule has 4 aromatic rings. The third-order valence-electron chi connectivity index (χ3n) is 4.52. The topological polar surface area (TPSA) is 82.5 Å². The average molecular weight is 436 g/mol. The van der Waals surface area contributed by atoms with Gasteiger partial charge in [-0.05, 0) is 37.3 Å². The fourth-order valence-electron chi connectivity index (χ4n) is 3.02. The number of hydrogen-bond acceptors (Lipinski definition) is 6. The Morgan fingerprint density at radius 2 is 1.77 bits per heavy atom. The van der Waals surface area contributed by atoms with Gasteiger partial charge in [0.2, 0.25) is 0 Å². The number of hydrogen-bond donors (Lipinski definition) is 1. The highest BCUT2D eigenvalue weighted by atomic mass is 32.1. The highest BCUT2D eigenvalue weighted by Gasteiger charge is 2.17. The van der Waals surface area contributed by atoms with Gasteiger partial charge in [0.05, 0.1) is 22.8 Å². The Bertz CT molecular complexity index is 1190. The molecule has 0 saturated carbocycles. The van der Waals surface area contributed by atoms with Crippen molar-refractivity contribution < 1.29 is 19.1 Å². The van der Waals surface area contributed by atoms with Crippen LogP contribution in [0.15, 0.2) is 66.7 Å². The largest absolute Gasteiger partial charge is 0.482 e. The number of nitrogens with one attached hydrogen (secondary N) is 1. The van der Waals surface area contributed by atoms with Crippen molar-refractivity contribution in [1.29, 1.82) is 0 Å². The van der Waals surface area contributed by atoms with Gasteiger partial charge in [0.1, 0.15) is 17.2 Å². The number of ether oxygens (including phenoxy) is 2. The molecule has 0 fully saturated rings. The van der Waals surface area contributed by atoms with E-state index in [9.17, 15) is 9.59 Å². The van der Waals surface area contributed by atoms with Crippen molar-refractivity contribution >= 4 is 33.4 Å². The summed E-state index contributed by atoms with van der Waals surface area (Å²) in [4.78, 5) is 25.8. The van der Waals surface area contributed by atoms with Crippen molar-refractivity contribution in [2.24, 2.45) is 0 Å². The number of esters is 1. The first-order valence-electron chi connectivity index (χ1n) is 9.78. The maximum atomic E-state index is 12.5. The van der Waals surface area contributed by atoms with Crippen molar-refractivity contribution in [1.82, 2.24) is 15.1 Å². The molecule has 0 aliphatic carbocycles. The minimum Gasteiger partial charge on any atom is -0.482 e. The molecule has 158 valence electrons. The Labute approximate surface area is 183 Å². The third kappa shape index (κ3) is 4.92. The zero-order chi connectivity index (χ0) is 21.6. The fraction of sp³-hybridized carbons (Fsp3) is 0.174. The lowest BCUT2D eigenvalue weighted by Crippen LogP contribution is -2.28. The molecule has 0 spiro atoms. The van der Waals surface area contributed by atoms with Crippen molar-refractivity contribution in [3.63, 3.8) is 0 Å². The molecule has 0 bridgehead atoms. The first kappa shape index (κ1) is 20.6. The summed E-state index contributed by atoms with van der Waals surface area (Å²) in [6, 6.07) is 20.7. The molecule has 2 heterocycles. The molecular formula is C23H21N3O4S. The van der Waals surface area contributed by atoms with Crippen molar-refractivity contribution in [2.75, 3.05) is 19.8 Å². The molecule has 31 heavy (non-hydrogen) atoms. The predicted octanol–water partition coefficient (Wildman–Crippen LogP) is 3.75. The summed E-state index contributed by atoms with van der Waals surface area (Å²) in [6.07, 6.45) is 0. The molecule has 0 aliphatic rings. The van der Waals surface area contributed by atoms with Crippen molar-refractivity contribution in [3.8, 4) is 11.4 Å². The number of nitrogens with zero attached hydrogens (tertiary/aromatic N) is 2. The number of aryl methyl sites for hydroxylation is 1. The van der Waals surface area contributed by atoms with Crippen LogP contribution in [0.25, 0.3) is 15.9 Å². The second kappa shape index (κ2) is 9.44. The van der Waals surface area contributed by atoms with E-state index >= 15 is 0 Å². The molecule has 0 aliphatic heterocycles. The Morgan fingerprint density at radius 3 is 2.52 bits per heavy atom. The van der Waals surface area contributed by atoms with E-state index in [0.717, 1.165) is 21.6 Å². The number of thiophene rings is 1. The van der Waals surface area contributed by atoms with Crippen LogP contribution in [0.4, 0.5) is 0 Å².